The largest absolute Gasteiger partial charge is 0.385 e. The van der Waals surface area contributed by atoms with Crippen LogP contribution in [0, 0.1) is 28.4 Å². The SMILES string of the molecule is CNC(NCCSCc1nc[nH]c1C)=C(C#N)[N+](=O)[O-]. The minimum Gasteiger partial charge on any atom is -0.369 e. The Balaban J connectivity index is 2.38. The molecule has 3 N–H and O–H groups in total. The van der Waals surface area contributed by atoms with Crippen molar-refractivity contribution in [3.8, 4) is 6.07 Å². The minimum absolute atomic E-state index is 0.133. The molecule has 0 saturated carbocycles. The Morgan fingerprint density at radius 3 is 2.95 bits per heavy atom. The first kappa shape index (κ1) is 15.8. The highest BCUT2D eigenvalue weighted by Crippen LogP contribution is 2.11. The van der Waals surface area contributed by atoms with Crippen LogP contribution in [0.4, 0.5) is 0 Å². The summed E-state index contributed by atoms with van der Waals surface area (Å²) in [6.07, 6.45) is 1.65. The standard InChI is InChI=1S/C11H16N6O2S/c1-8-9(16-7-15-8)6-20-4-3-14-11(13-2)10(5-12)17(18)19/h7,13-14H,3-4,6H2,1-2H3,(H,15,16). The molecule has 0 fully saturated rings. The number of aromatic amines is 1. The second-order valence-corrected chi connectivity index (χ2v) is 4.90. The Kier molecular flexibility index (Phi) is 6.39. The fraction of sp³-hybridized carbons (Fsp3) is 0.455. The number of rotatable bonds is 8. The molecule has 0 radical (unpaired) electrons. The Labute approximate surface area is 120 Å². The van der Waals surface area contributed by atoms with Gasteiger partial charge in [-0.25, -0.2) is 4.98 Å². The molecule has 0 atom stereocenters. The number of nitro groups is 1. The molecule has 0 aliphatic carbocycles. The van der Waals surface area contributed by atoms with E-state index in [1.807, 2.05) is 6.92 Å². The molecule has 0 spiro atoms. The van der Waals surface area contributed by atoms with Crippen LogP contribution >= 0.6 is 11.8 Å². The van der Waals surface area contributed by atoms with Crippen molar-refractivity contribution in [2.75, 3.05) is 19.3 Å². The predicted molar refractivity (Wildman–Crippen MR) is 76.2 cm³/mol. The third-order valence-electron chi connectivity index (χ3n) is 2.50. The van der Waals surface area contributed by atoms with Gasteiger partial charge < -0.3 is 15.6 Å². The molecule has 20 heavy (non-hydrogen) atoms. The van der Waals surface area contributed by atoms with Crippen LogP contribution < -0.4 is 10.6 Å². The second kappa shape index (κ2) is 8.06. The van der Waals surface area contributed by atoms with E-state index in [4.69, 9.17) is 5.26 Å². The molecule has 0 amide bonds. The first-order valence-electron chi connectivity index (χ1n) is 5.87. The first-order valence-corrected chi connectivity index (χ1v) is 7.02. The molecule has 1 heterocycles. The highest BCUT2D eigenvalue weighted by Gasteiger charge is 2.16. The molecule has 1 aromatic heterocycles. The lowest BCUT2D eigenvalue weighted by Gasteiger charge is -2.08. The highest BCUT2D eigenvalue weighted by molar-refractivity contribution is 7.98. The van der Waals surface area contributed by atoms with Gasteiger partial charge in [0.15, 0.2) is 11.9 Å². The molecule has 0 bridgehead atoms. The van der Waals surface area contributed by atoms with Crippen LogP contribution in [-0.4, -0.2) is 34.2 Å². The molecule has 8 nitrogen and oxygen atoms in total. The van der Waals surface area contributed by atoms with Crippen LogP contribution in [0.25, 0.3) is 0 Å². The van der Waals surface area contributed by atoms with Crippen molar-refractivity contribution in [3.63, 3.8) is 0 Å². The number of allylic oxidation sites excluding steroid dienone is 1. The minimum atomic E-state index is -0.709. The van der Waals surface area contributed by atoms with Gasteiger partial charge >= 0.3 is 5.70 Å². The van der Waals surface area contributed by atoms with Gasteiger partial charge in [-0.05, 0) is 6.92 Å². The molecule has 108 valence electrons. The first-order chi connectivity index (χ1) is 9.60. The second-order valence-electron chi connectivity index (χ2n) is 3.80. The number of hydrogen-bond acceptors (Lipinski definition) is 7. The van der Waals surface area contributed by atoms with E-state index in [9.17, 15) is 10.1 Å². The van der Waals surface area contributed by atoms with Gasteiger partial charge in [0.05, 0.1) is 16.9 Å². The third kappa shape index (κ3) is 4.47. The van der Waals surface area contributed by atoms with Gasteiger partial charge in [0.1, 0.15) is 0 Å². The van der Waals surface area contributed by atoms with E-state index in [-0.39, 0.29) is 5.82 Å². The van der Waals surface area contributed by atoms with Crippen LogP contribution in [0.5, 0.6) is 0 Å². The van der Waals surface area contributed by atoms with E-state index < -0.39 is 10.6 Å². The lowest BCUT2D eigenvalue weighted by Crippen LogP contribution is -2.28. The number of aryl methyl sites for hydroxylation is 1. The van der Waals surface area contributed by atoms with Gasteiger partial charge in [-0.3, -0.25) is 10.1 Å². The molecule has 1 aromatic rings. The molecule has 0 unspecified atom stereocenters. The Morgan fingerprint density at radius 2 is 2.45 bits per heavy atom. The number of H-pyrrole nitrogens is 1. The van der Waals surface area contributed by atoms with Crippen LogP contribution in [0.1, 0.15) is 11.4 Å². The molecular formula is C11H16N6O2S. The van der Waals surface area contributed by atoms with Gasteiger partial charge in [0.25, 0.3) is 0 Å². The summed E-state index contributed by atoms with van der Waals surface area (Å²) in [4.78, 5) is 17.1. The Hall–Kier alpha value is -2.21. The summed E-state index contributed by atoms with van der Waals surface area (Å²) in [6.45, 7) is 2.47. The quantitative estimate of drug-likeness (QED) is 0.280. The number of nitrogens with zero attached hydrogens (tertiary/aromatic N) is 3. The average molecular weight is 296 g/mol. The van der Waals surface area contributed by atoms with Crippen molar-refractivity contribution in [2.45, 2.75) is 12.7 Å². The van der Waals surface area contributed by atoms with E-state index in [0.29, 0.717) is 6.54 Å². The number of nitrogens with one attached hydrogen (secondary N) is 3. The highest BCUT2D eigenvalue weighted by atomic mass is 32.2. The van der Waals surface area contributed by atoms with Crippen molar-refractivity contribution < 1.29 is 4.92 Å². The molecule has 0 aliphatic rings. The van der Waals surface area contributed by atoms with E-state index in [1.165, 1.54) is 7.05 Å². The normalized spacial score (nSPS) is 11.4. The van der Waals surface area contributed by atoms with E-state index in [2.05, 4.69) is 20.6 Å². The number of aromatic nitrogens is 2. The summed E-state index contributed by atoms with van der Waals surface area (Å²) >= 11 is 1.66. The Bertz CT molecular complexity index is 533. The summed E-state index contributed by atoms with van der Waals surface area (Å²) in [5.74, 6) is 1.65. The van der Waals surface area contributed by atoms with Crippen LogP contribution in [0.15, 0.2) is 17.8 Å². The summed E-state index contributed by atoms with van der Waals surface area (Å²) in [6, 6.07) is 1.56. The van der Waals surface area contributed by atoms with Crippen molar-refractivity contribution in [2.24, 2.45) is 0 Å². The summed E-state index contributed by atoms with van der Waals surface area (Å²) in [5.41, 5.74) is 1.53. The van der Waals surface area contributed by atoms with Crippen molar-refractivity contribution in [3.05, 3.63) is 39.3 Å². The van der Waals surface area contributed by atoms with Crippen molar-refractivity contribution >= 4 is 11.8 Å². The maximum atomic E-state index is 10.6. The zero-order chi connectivity index (χ0) is 15.0. The summed E-state index contributed by atoms with van der Waals surface area (Å²) in [5, 5.41) is 24.8. The fourth-order valence-corrected chi connectivity index (χ4v) is 2.30. The number of thioether (sulfide) groups is 1. The number of imidazole rings is 1. The van der Waals surface area contributed by atoms with Crippen molar-refractivity contribution in [1.29, 1.82) is 5.26 Å². The fourth-order valence-electron chi connectivity index (χ4n) is 1.43. The van der Waals surface area contributed by atoms with Gasteiger partial charge in [0, 0.05) is 30.8 Å². The molecule has 9 heteroatoms. The van der Waals surface area contributed by atoms with Crippen LogP contribution in [0.2, 0.25) is 0 Å². The maximum absolute atomic E-state index is 10.6. The van der Waals surface area contributed by atoms with Crippen molar-refractivity contribution in [1.82, 2.24) is 20.6 Å². The smallest absolute Gasteiger partial charge is 0.369 e. The lowest BCUT2D eigenvalue weighted by molar-refractivity contribution is -0.419. The molecular weight excluding hydrogens is 280 g/mol. The summed E-state index contributed by atoms with van der Waals surface area (Å²) in [7, 11) is 1.53. The number of hydrogen-bond donors (Lipinski definition) is 3. The van der Waals surface area contributed by atoms with Gasteiger partial charge in [-0.2, -0.15) is 17.0 Å². The average Bonchev–Trinajstić information content (AvgIpc) is 2.82. The molecule has 1 rings (SSSR count). The van der Waals surface area contributed by atoms with Gasteiger partial charge in [0.2, 0.25) is 0 Å². The predicted octanol–water partition coefficient (Wildman–Crippen LogP) is 0.730. The van der Waals surface area contributed by atoms with Crippen LogP contribution in [-0.2, 0) is 5.75 Å². The lowest BCUT2D eigenvalue weighted by atomic mass is 10.4. The third-order valence-corrected chi connectivity index (χ3v) is 3.47. The molecule has 0 aromatic carbocycles. The summed E-state index contributed by atoms with van der Waals surface area (Å²) < 4.78 is 0. The van der Waals surface area contributed by atoms with E-state index in [1.54, 1.807) is 24.2 Å². The number of nitriles is 1. The topological polar surface area (TPSA) is 120 Å². The van der Waals surface area contributed by atoms with Gasteiger partial charge in [-0.15, -0.1) is 0 Å². The van der Waals surface area contributed by atoms with E-state index in [0.717, 1.165) is 22.9 Å². The van der Waals surface area contributed by atoms with Crippen LogP contribution in [0.3, 0.4) is 0 Å². The van der Waals surface area contributed by atoms with Gasteiger partial charge in [-0.1, -0.05) is 0 Å². The van der Waals surface area contributed by atoms with E-state index >= 15 is 0 Å². The molecule has 0 saturated heterocycles. The Morgan fingerprint density at radius 1 is 1.70 bits per heavy atom. The zero-order valence-corrected chi connectivity index (χ0v) is 12.1. The monoisotopic (exact) mass is 296 g/mol. The molecule has 0 aliphatic heterocycles. The maximum Gasteiger partial charge on any atom is 0.385 e. The zero-order valence-electron chi connectivity index (χ0n) is 11.3.